The van der Waals surface area contributed by atoms with Crippen molar-refractivity contribution in [1.82, 2.24) is 4.98 Å². The first kappa shape index (κ1) is 20.0. The van der Waals surface area contributed by atoms with Gasteiger partial charge in [-0.2, -0.15) is 0 Å². The van der Waals surface area contributed by atoms with Crippen molar-refractivity contribution >= 4 is 17.3 Å². The number of aromatic nitrogens is 1. The van der Waals surface area contributed by atoms with Crippen LogP contribution in [0, 0.1) is 23.8 Å². The maximum Gasteiger partial charge on any atom is 0.205 e. The van der Waals surface area contributed by atoms with Crippen molar-refractivity contribution in [2.75, 3.05) is 0 Å². The number of aliphatic hydroxyl groups is 1. The van der Waals surface area contributed by atoms with Crippen LogP contribution in [0.3, 0.4) is 0 Å². The summed E-state index contributed by atoms with van der Waals surface area (Å²) in [7, 11) is 0. The third kappa shape index (κ3) is 2.92. The van der Waals surface area contributed by atoms with Crippen molar-refractivity contribution in [3.05, 3.63) is 69.8 Å². The van der Waals surface area contributed by atoms with Gasteiger partial charge in [-0.25, -0.2) is 4.85 Å². The van der Waals surface area contributed by atoms with Gasteiger partial charge >= 0.3 is 0 Å². The van der Waals surface area contributed by atoms with E-state index in [1.165, 1.54) is 23.1 Å². The summed E-state index contributed by atoms with van der Waals surface area (Å²) in [6.07, 6.45) is 11.8. The van der Waals surface area contributed by atoms with E-state index in [1.54, 1.807) is 0 Å². The van der Waals surface area contributed by atoms with E-state index in [9.17, 15) is 5.11 Å². The standard InChI is InChI=1S/C26H29ClN2O/c1-25-13-9-19-18-7-8-23(28-2)24(27)21(18)6-5-20(19)22(25)4-3-12-26(25,30)16-17-10-14-29-15-11-17/h7-8,10-11,14-15,19-20,22,30H,3-6,9,12-13,16H2,1H3/t19?,20?,22?,25-,26+/m0/s1. The fraction of sp³-hybridized carbons (Fsp3) is 0.538. The minimum Gasteiger partial charge on any atom is -0.389 e. The molecule has 0 saturated heterocycles. The monoisotopic (exact) mass is 420 g/mol. The smallest absolute Gasteiger partial charge is 0.205 e. The lowest BCUT2D eigenvalue weighted by atomic mass is 9.46. The van der Waals surface area contributed by atoms with Crippen LogP contribution in [-0.4, -0.2) is 15.7 Å². The Morgan fingerprint density at radius 1 is 1.17 bits per heavy atom. The molecule has 0 spiro atoms. The predicted octanol–water partition coefficient (Wildman–Crippen LogP) is 6.51. The van der Waals surface area contributed by atoms with Crippen molar-refractivity contribution < 1.29 is 5.11 Å². The molecule has 2 saturated carbocycles. The van der Waals surface area contributed by atoms with E-state index in [0.717, 1.165) is 44.9 Å². The first-order valence-electron chi connectivity index (χ1n) is 11.3. The van der Waals surface area contributed by atoms with Gasteiger partial charge in [-0.3, -0.25) is 4.98 Å². The molecule has 5 atom stereocenters. The average molecular weight is 421 g/mol. The van der Waals surface area contributed by atoms with Gasteiger partial charge in [0.15, 0.2) is 0 Å². The van der Waals surface area contributed by atoms with Crippen LogP contribution in [0.25, 0.3) is 4.85 Å². The van der Waals surface area contributed by atoms with Gasteiger partial charge in [-0.1, -0.05) is 37.1 Å². The van der Waals surface area contributed by atoms with Gasteiger partial charge in [0, 0.05) is 18.8 Å². The van der Waals surface area contributed by atoms with Crippen molar-refractivity contribution in [2.24, 2.45) is 17.3 Å². The molecule has 5 rings (SSSR count). The van der Waals surface area contributed by atoms with E-state index in [4.69, 9.17) is 18.2 Å². The number of halogens is 1. The zero-order chi connectivity index (χ0) is 20.9. The topological polar surface area (TPSA) is 37.5 Å². The van der Waals surface area contributed by atoms with Crippen molar-refractivity contribution in [2.45, 2.75) is 69.8 Å². The molecule has 2 aromatic rings. The molecule has 0 radical (unpaired) electrons. The van der Waals surface area contributed by atoms with Crippen LogP contribution in [-0.2, 0) is 12.8 Å². The van der Waals surface area contributed by atoms with E-state index in [-0.39, 0.29) is 5.41 Å². The molecular formula is C26H29ClN2O. The molecular weight excluding hydrogens is 392 g/mol. The fourth-order valence-electron chi connectivity index (χ4n) is 7.16. The molecule has 0 aliphatic heterocycles. The lowest BCUT2D eigenvalue weighted by Crippen LogP contribution is -2.59. The zero-order valence-electron chi connectivity index (χ0n) is 17.6. The second-order valence-electron chi connectivity index (χ2n) is 9.91. The van der Waals surface area contributed by atoms with Crippen LogP contribution in [0.2, 0.25) is 5.02 Å². The predicted molar refractivity (Wildman–Crippen MR) is 120 cm³/mol. The van der Waals surface area contributed by atoms with Gasteiger partial charge in [-0.05, 0) is 90.5 Å². The van der Waals surface area contributed by atoms with E-state index in [0.29, 0.717) is 28.5 Å². The highest BCUT2D eigenvalue weighted by Crippen LogP contribution is 2.63. The molecule has 30 heavy (non-hydrogen) atoms. The molecule has 4 heteroatoms. The largest absolute Gasteiger partial charge is 0.389 e. The van der Waals surface area contributed by atoms with E-state index >= 15 is 0 Å². The van der Waals surface area contributed by atoms with Gasteiger partial charge in [0.1, 0.15) is 0 Å². The van der Waals surface area contributed by atoms with E-state index in [2.05, 4.69) is 22.8 Å². The Kier molecular flexibility index (Phi) is 4.92. The minimum absolute atomic E-state index is 0.0621. The van der Waals surface area contributed by atoms with E-state index < -0.39 is 5.60 Å². The minimum atomic E-state index is -0.659. The molecule has 0 amide bonds. The van der Waals surface area contributed by atoms with Gasteiger partial charge in [-0.15, -0.1) is 0 Å². The highest BCUT2D eigenvalue weighted by molar-refractivity contribution is 6.34. The van der Waals surface area contributed by atoms with Crippen LogP contribution in [0.5, 0.6) is 0 Å². The third-order valence-electron chi connectivity index (χ3n) is 8.75. The number of fused-ring (bicyclic) bond motifs is 5. The third-order valence-corrected chi connectivity index (χ3v) is 9.17. The summed E-state index contributed by atoms with van der Waals surface area (Å²) < 4.78 is 0. The van der Waals surface area contributed by atoms with Crippen LogP contribution >= 0.6 is 11.6 Å². The Labute approximate surface area is 184 Å². The number of rotatable bonds is 2. The quantitative estimate of drug-likeness (QED) is 0.562. The summed E-state index contributed by atoms with van der Waals surface area (Å²) in [6, 6.07) is 8.17. The lowest BCUT2D eigenvalue weighted by Gasteiger charge is -2.61. The molecule has 0 bridgehead atoms. The Balaban J connectivity index is 1.48. The Bertz CT molecular complexity index is 1000. The number of nitrogens with zero attached hydrogens (tertiary/aromatic N) is 2. The number of benzene rings is 1. The summed E-state index contributed by atoms with van der Waals surface area (Å²) in [5.74, 6) is 1.63. The summed E-state index contributed by atoms with van der Waals surface area (Å²) >= 11 is 6.60. The number of hydrogen-bond donors (Lipinski definition) is 1. The average Bonchev–Trinajstić information content (AvgIpc) is 2.75. The van der Waals surface area contributed by atoms with Crippen molar-refractivity contribution in [3.63, 3.8) is 0 Å². The Hall–Kier alpha value is -1.89. The van der Waals surface area contributed by atoms with Crippen molar-refractivity contribution in [1.29, 1.82) is 0 Å². The maximum atomic E-state index is 12.0. The summed E-state index contributed by atoms with van der Waals surface area (Å²) in [4.78, 5) is 7.74. The van der Waals surface area contributed by atoms with Crippen LogP contribution in [0.15, 0.2) is 36.7 Å². The second kappa shape index (κ2) is 7.36. The van der Waals surface area contributed by atoms with Crippen LogP contribution in [0.1, 0.15) is 68.1 Å². The first-order chi connectivity index (χ1) is 14.5. The normalized spacial score (nSPS) is 34.9. The molecule has 3 aliphatic rings. The fourth-order valence-corrected chi connectivity index (χ4v) is 7.47. The highest BCUT2D eigenvalue weighted by atomic mass is 35.5. The summed E-state index contributed by atoms with van der Waals surface area (Å²) in [6.45, 7) is 9.74. The molecule has 3 aliphatic carbocycles. The zero-order valence-corrected chi connectivity index (χ0v) is 18.3. The van der Waals surface area contributed by atoms with E-state index in [1.807, 2.05) is 30.6 Å². The van der Waals surface area contributed by atoms with Gasteiger partial charge in [0.2, 0.25) is 5.69 Å². The van der Waals surface area contributed by atoms with Crippen LogP contribution < -0.4 is 0 Å². The molecule has 156 valence electrons. The number of pyridine rings is 1. The highest BCUT2D eigenvalue weighted by Gasteiger charge is 2.59. The summed E-state index contributed by atoms with van der Waals surface area (Å²) in [5, 5.41) is 12.7. The van der Waals surface area contributed by atoms with Gasteiger partial charge in [0.25, 0.3) is 0 Å². The molecule has 3 unspecified atom stereocenters. The maximum absolute atomic E-state index is 12.0. The Morgan fingerprint density at radius 3 is 2.73 bits per heavy atom. The number of hydrogen-bond acceptors (Lipinski definition) is 2. The SMILES string of the molecule is [C-]#[N+]c1ccc2c(c1Cl)CCC1C2CC[C@@]2(C)C1CCC[C@@]2(O)Cc1ccncc1. The molecule has 1 heterocycles. The van der Waals surface area contributed by atoms with Gasteiger partial charge < -0.3 is 5.11 Å². The molecule has 3 nitrogen and oxygen atoms in total. The molecule has 1 aromatic carbocycles. The first-order valence-corrected chi connectivity index (χ1v) is 11.6. The Morgan fingerprint density at radius 2 is 1.97 bits per heavy atom. The molecule has 1 N–H and O–H groups in total. The van der Waals surface area contributed by atoms with Crippen molar-refractivity contribution in [3.8, 4) is 0 Å². The summed E-state index contributed by atoms with van der Waals surface area (Å²) in [5.41, 5.74) is 3.62. The lowest BCUT2D eigenvalue weighted by molar-refractivity contribution is -0.171. The second-order valence-corrected chi connectivity index (χ2v) is 10.3. The van der Waals surface area contributed by atoms with Crippen LogP contribution in [0.4, 0.5) is 5.69 Å². The molecule has 2 fully saturated rings. The molecule has 1 aromatic heterocycles. The van der Waals surface area contributed by atoms with Gasteiger partial charge in [0.05, 0.1) is 17.2 Å².